The fourth-order valence-corrected chi connectivity index (χ4v) is 0.805. The number of ether oxygens (including phenoxy) is 1. The van der Waals surface area contributed by atoms with Crippen LogP contribution in [0.1, 0.15) is 34.1 Å². The van der Waals surface area contributed by atoms with Crippen LogP contribution in [-0.4, -0.2) is 29.2 Å². The molecule has 0 aliphatic rings. The average molecular weight is 176 g/mol. The van der Waals surface area contributed by atoms with E-state index in [0.29, 0.717) is 6.61 Å². The van der Waals surface area contributed by atoms with Crippen molar-refractivity contribution in [2.75, 3.05) is 6.61 Å². The van der Waals surface area contributed by atoms with Crippen molar-refractivity contribution in [3.63, 3.8) is 0 Å². The standard InChI is InChI=1S/C9H20O3/c1-5-12-8(11)6-7(10)9(2,3)4/h7-8,10-11H,5-6H2,1-4H3. The third kappa shape index (κ3) is 4.70. The van der Waals surface area contributed by atoms with Crippen LogP contribution >= 0.6 is 0 Å². The van der Waals surface area contributed by atoms with Crippen molar-refractivity contribution >= 4 is 0 Å². The van der Waals surface area contributed by atoms with E-state index in [4.69, 9.17) is 4.74 Å². The van der Waals surface area contributed by atoms with Gasteiger partial charge in [-0.15, -0.1) is 0 Å². The highest BCUT2D eigenvalue weighted by Gasteiger charge is 2.24. The molecule has 12 heavy (non-hydrogen) atoms. The molecule has 0 heterocycles. The first-order chi connectivity index (χ1) is 5.38. The molecule has 0 aliphatic heterocycles. The maximum Gasteiger partial charge on any atom is 0.156 e. The molecule has 0 aromatic heterocycles. The van der Waals surface area contributed by atoms with Gasteiger partial charge in [-0.3, -0.25) is 0 Å². The van der Waals surface area contributed by atoms with Gasteiger partial charge in [-0.1, -0.05) is 20.8 Å². The first-order valence-electron chi connectivity index (χ1n) is 4.35. The van der Waals surface area contributed by atoms with Crippen LogP contribution in [0.5, 0.6) is 0 Å². The second-order valence-electron chi connectivity index (χ2n) is 4.03. The number of rotatable bonds is 4. The fourth-order valence-electron chi connectivity index (χ4n) is 0.805. The zero-order chi connectivity index (χ0) is 9.78. The summed E-state index contributed by atoms with van der Waals surface area (Å²) in [5, 5.41) is 18.7. The summed E-state index contributed by atoms with van der Waals surface area (Å²) >= 11 is 0. The van der Waals surface area contributed by atoms with E-state index in [1.54, 1.807) is 0 Å². The van der Waals surface area contributed by atoms with Crippen LogP contribution in [0.25, 0.3) is 0 Å². The molecular formula is C9H20O3. The van der Waals surface area contributed by atoms with Gasteiger partial charge in [0.25, 0.3) is 0 Å². The van der Waals surface area contributed by atoms with Gasteiger partial charge in [-0.05, 0) is 12.3 Å². The summed E-state index contributed by atoms with van der Waals surface area (Å²) in [4.78, 5) is 0. The lowest BCUT2D eigenvalue weighted by atomic mass is 9.87. The molecule has 2 N–H and O–H groups in total. The summed E-state index contributed by atoms with van der Waals surface area (Å²) < 4.78 is 4.90. The normalized spacial score (nSPS) is 17.5. The van der Waals surface area contributed by atoms with Crippen molar-refractivity contribution in [3.05, 3.63) is 0 Å². The molecule has 0 fully saturated rings. The van der Waals surface area contributed by atoms with Crippen molar-refractivity contribution in [3.8, 4) is 0 Å². The van der Waals surface area contributed by atoms with Gasteiger partial charge in [0, 0.05) is 13.0 Å². The van der Waals surface area contributed by atoms with Gasteiger partial charge in [0.15, 0.2) is 6.29 Å². The Kier molecular flexibility index (Phi) is 4.75. The van der Waals surface area contributed by atoms with Gasteiger partial charge < -0.3 is 14.9 Å². The van der Waals surface area contributed by atoms with Crippen LogP contribution < -0.4 is 0 Å². The van der Waals surface area contributed by atoms with E-state index in [-0.39, 0.29) is 11.8 Å². The molecule has 0 spiro atoms. The van der Waals surface area contributed by atoms with Crippen LogP contribution in [-0.2, 0) is 4.74 Å². The molecule has 0 saturated carbocycles. The third-order valence-electron chi connectivity index (χ3n) is 1.78. The van der Waals surface area contributed by atoms with Gasteiger partial charge in [-0.25, -0.2) is 0 Å². The lowest BCUT2D eigenvalue weighted by Crippen LogP contribution is -2.31. The monoisotopic (exact) mass is 176 g/mol. The molecular weight excluding hydrogens is 156 g/mol. The molecule has 2 atom stereocenters. The highest BCUT2D eigenvalue weighted by Crippen LogP contribution is 2.22. The Balaban J connectivity index is 3.76. The molecule has 74 valence electrons. The maximum absolute atomic E-state index is 9.54. The Morgan fingerprint density at radius 1 is 1.25 bits per heavy atom. The topological polar surface area (TPSA) is 49.7 Å². The molecule has 0 radical (unpaired) electrons. The Labute approximate surface area is 74.4 Å². The van der Waals surface area contributed by atoms with Gasteiger partial charge in [0.05, 0.1) is 6.10 Å². The van der Waals surface area contributed by atoms with Gasteiger partial charge in [0.1, 0.15) is 0 Å². The Morgan fingerprint density at radius 2 is 1.75 bits per heavy atom. The summed E-state index contributed by atoms with van der Waals surface area (Å²) in [6.07, 6.45) is -1.10. The molecule has 0 bridgehead atoms. The molecule has 0 saturated heterocycles. The minimum atomic E-state index is -0.843. The van der Waals surface area contributed by atoms with Gasteiger partial charge in [0.2, 0.25) is 0 Å². The summed E-state index contributed by atoms with van der Waals surface area (Å²) in [5.74, 6) is 0. The van der Waals surface area contributed by atoms with Crippen LogP contribution in [0.2, 0.25) is 0 Å². The summed E-state index contributed by atoms with van der Waals surface area (Å²) in [6, 6.07) is 0. The minimum absolute atomic E-state index is 0.196. The molecule has 0 aliphatic carbocycles. The highest BCUT2D eigenvalue weighted by atomic mass is 16.6. The van der Waals surface area contributed by atoms with E-state index in [9.17, 15) is 10.2 Å². The Morgan fingerprint density at radius 3 is 2.08 bits per heavy atom. The van der Waals surface area contributed by atoms with E-state index in [0.717, 1.165) is 0 Å². The second kappa shape index (κ2) is 4.80. The third-order valence-corrected chi connectivity index (χ3v) is 1.78. The van der Waals surface area contributed by atoms with Crippen LogP contribution in [0.15, 0.2) is 0 Å². The molecule has 2 unspecified atom stereocenters. The van der Waals surface area contributed by atoms with E-state index < -0.39 is 12.4 Å². The second-order valence-corrected chi connectivity index (χ2v) is 4.03. The minimum Gasteiger partial charge on any atom is -0.392 e. The Bertz CT molecular complexity index is 117. The molecule has 3 heteroatoms. The highest BCUT2D eigenvalue weighted by molar-refractivity contribution is 4.73. The Hall–Kier alpha value is -0.120. The van der Waals surface area contributed by atoms with E-state index in [1.165, 1.54) is 0 Å². The van der Waals surface area contributed by atoms with Crippen molar-refractivity contribution in [1.29, 1.82) is 0 Å². The van der Waals surface area contributed by atoms with Crippen LogP contribution in [0.4, 0.5) is 0 Å². The lowest BCUT2D eigenvalue weighted by molar-refractivity contribution is -0.127. The predicted octanol–water partition coefficient (Wildman–Crippen LogP) is 1.14. The quantitative estimate of drug-likeness (QED) is 0.631. The van der Waals surface area contributed by atoms with Crippen molar-refractivity contribution < 1.29 is 14.9 Å². The van der Waals surface area contributed by atoms with Crippen molar-refractivity contribution in [2.45, 2.75) is 46.5 Å². The van der Waals surface area contributed by atoms with Gasteiger partial charge in [-0.2, -0.15) is 0 Å². The number of aliphatic hydroxyl groups is 2. The molecule has 3 nitrogen and oxygen atoms in total. The van der Waals surface area contributed by atoms with E-state index >= 15 is 0 Å². The van der Waals surface area contributed by atoms with Gasteiger partial charge >= 0.3 is 0 Å². The first-order valence-corrected chi connectivity index (χ1v) is 4.35. The average Bonchev–Trinajstić information content (AvgIpc) is 1.85. The zero-order valence-corrected chi connectivity index (χ0v) is 8.37. The van der Waals surface area contributed by atoms with E-state index in [1.807, 2.05) is 27.7 Å². The van der Waals surface area contributed by atoms with Crippen molar-refractivity contribution in [2.24, 2.45) is 5.41 Å². The molecule has 0 amide bonds. The smallest absolute Gasteiger partial charge is 0.156 e. The number of hydrogen-bond donors (Lipinski definition) is 2. The molecule has 0 aromatic rings. The zero-order valence-electron chi connectivity index (χ0n) is 8.37. The molecule has 0 aromatic carbocycles. The SMILES string of the molecule is CCOC(O)CC(O)C(C)(C)C. The maximum atomic E-state index is 9.54. The summed E-state index contributed by atoms with van der Waals surface area (Å²) in [7, 11) is 0. The first kappa shape index (κ1) is 11.9. The predicted molar refractivity (Wildman–Crippen MR) is 47.7 cm³/mol. The molecule has 0 rings (SSSR count). The summed E-state index contributed by atoms with van der Waals surface area (Å²) in [5.41, 5.74) is -0.196. The fraction of sp³-hybridized carbons (Fsp3) is 1.00. The van der Waals surface area contributed by atoms with Crippen LogP contribution in [0.3, 0.4) is 0 Å². The largest absolute Gasteiger partial charge is 0.392 e. The summed E-state index contributed by atoms with van der Waals surface area (Å²) in [6.45, 7) is 8.06. The number of aliphatic hydroxyl groups excluding tert-OH is 2. The van der Waals surface area contributed by atoms with E-state index in [2.05, 4.69) is 0 Å². The lowest BCUT2D eigenvalue weighted by Gasteiger charge is -2.27. The van der Waals surface area contributed by atoms with Crippen molar-refractivity contribution in [1.82, 2.24) is 0 Å². The van der Waals surface area contributed by atoms with Crippen LogP contribution in [0, 0.1) is 5.41 Å². The number of hydrogen-bond acceptors (Lipinski definition) is 3.